The van der Waals surface area contributed by atoms with Crippen LogP contribution in [0.3, 0.4) is 0 Å². The molecule has 0 radical (unpaired) electrons. The predicted molar refractivity (Wildman–Crippen MR) is 103 cm³/mol. The molecule has 25 heavy (non-hydrogen) atoms. The van der Waals surface area contributed by atoms with E-state index >= 15 is 0 Å². The van der Waals surface area contributed by atoms with Crippen LogP contribution in [0, 0.1) is 0 Å². The summed E-state index contributed by atoms with van der Waals surface area (Å²) < 4.78 is 6.16. The molecule has 0 unspecified atom stereocenters. The Bertz CT molecular complexity index is 500. The molecule has 1 aromatic rings. The Hall–Kier alpha value is -1.34. The maximum absolute atomic E-state index is 6.16. The van der Waals surface area contributed by atoms with Gasteiger partial charge in [-0.3, -0.25) is 0 Å². The minimum absolute atomic E-state index is 0.719. The van der Waals surface area contributed by atoms with Crippen molar-refractivity contribution in [1.29, 1.82) is 0 Å². The number of quaternary nitrogens is 1. The van der Waals surface area contributed by atoms with Gasteiger partial charge in [0.15, 0.2) is 5.69 Å². The van der Waals surface area contributed by atoms with E-state index in [0.717, 1.165) is 70.4 Å². The smallest absolute Gasteiger partial charge is 0.164 e. The molecule has 0 aromatic heterocycles. The van der Waals surface area contributed by atoms with Crippen LogP contribution >= 0.6 is 0 Å². The first kappa shape index (κ1) is 20.0. The maximum Gasteiger partial charge on any atom is 0.164 e. The van der Waals surface area contributed by atoms with Crippen molar-refractivity contribution in [1.82, 2.24) is 9.80 Å². The largest absolute Gasteiger partial charge is 0.490 e. The summed E-state index contributed by atoms with van der Waals surface area (Å²) in [6.07, 6.45) is 0. The number of likely N-dealkylation sites (N-methyl/N-ethyl adjacent to an activating group) is 2. The van der Waals surface area contributed by atoms with Crippen LogP contribution in [0.4, 0.5) is 11.4 Å². The summed E-state index contributed by atoms with van der Waals surface area (Å²) in [6.45, 7) is 15.8. The minimum atomic E-state index is 0.719. The van der Waals surface area contributed by atoms with Gasteiger partial charge in [-0.2, -0.15) is 5.48 Å². The van der Waals surface area contributed by atoms with Crippen LogP contribution in [0.25, 0.3) is 0 Å². The van der Waals surface area contributed by atoms with Gasteiger partial charge in [-0.1, -0.05) is 20.8 Å². The molecule has 1 fully saturated rings. The molecule has 1 aromatic carbocycles. The van der Waals surface area contributed by atoms with Gasteiger partial charge in [-0.15, -0.1) is 0 Å². The summed E-state index contributed by atoms with van der Waals surface area (Å²) in [5.74, 6) is 0.977. The average Bonchev–Trinajstić information content (AvgIpc) is 2.66. The summed E-state index contributed by atoms with van der Waals surface area (Å²) in [6, 6.07) is 6.31. The van der Waals surface area contributed by atoms with E-state index in [1.807, 2.05) is 0 Å². The lowest BCUT2D eigenvalue weighted by Crippen LogP contribution is -2.75. The van der Waals surface area contributed by atoms with E-state index in [4.69, 9.17) is 9.57 Å². The highest BCUT2D eigenvalue weighted by Crippen LogP contribution is 2.31. The summed E-state index contributed by atoms with van der Waals surface area (Å²) >= 11 is 0. The number of ether oxygens (including phenoxy) is 1. The zero-order valence-electron chi connectivity index (χ0n) is 16.3. The van der Waals surface area contributed by atoms with Crippen molar-refractivity contribution in [2.45, 2.75) is 20.8 Å². The number of nitrogens with zero attached hydrogens (tertiary/aromatic N) is 3. The number of piperazine rings is 1. The molecule has 1 saturated heterocycles. The van der Waals surface area contributed by atoms with Crippen LogP contribution < -0.4 is 15.1 Å². The zero-order chi connectivity index (χ0) is 18.1. The Balaban J connectivity index is 2.06. The fraction of sp³-hybridized carbons (Fsp3) is 0.684. The van der Waals surface area contributed by atoms with Crippen LogP contribution in [-0.2, 0) is 4.84 Å². The molecule has 0 aliphatic carbocycles. The SMILES string of the molecule is CCN(CC)CCOc1ccc([NH2+]OC)cc1N1CCN(CC)CC1. The first-order chi connectivity index (χ1) is 12.2. The van der Waals surface area contributed by atoms with Crippen molar-refractivity contribution in [3.8, 4) is 5.75 Å². The molecular weight excluding hydrogens is 316 g/mol. The molecule has 1 aliphatic rings. The van der Waals surface area contributed by atoms with Gasteiger partial charge >= 0.3 is 0 Å². The first-order valence-electron chi connectivity index (χ1n) is 9.54. The molecular formula is C19H35N4O2+. The van der Waals surface area contributed by atoms with Gasteiger partial charge < -0.3 is 19.4 Å². The van der Waals surface area contributed by atoms with Crippen molar-refractivity contribution < 1.29 is 15.1 Å². The lowest BCUT2D eigenvalue weighted by molar-refractivity contribution is -0.830. The number of benzene rings is 1. The number of rotatable bonds is 10. The number of anilines is 1. The van der Waals surface area contributed by atoms with E-state index in [-0.39, 0.29) is 0 Å². The molecule has 0 saturated carbocycles. The summed E-state index contributed by atoms with van der Waals surface area (Å²) in [4.78, 5) is 12.5. The average molecular weight is 352 g/mol. The van der Waals surface area contributed by atoms with Crippen LogP contribution in [-0.4, -0.2) is 75.9 Å². The second-order valence-corrected chi connectivity index (χ2v) is 6.38. The van der Waals surface area contributed by atoms with E-state index in [0.29, 0.717) is 0 Å². The molecule has 2 rings (SSSR count). The molecule has 142 valence electrons. The van der Waals surface area contributed by atoms with E-state index in [1.165, 1.54) is 5.69 Å². The fourth-order valence-electron chi connectivity index (χ4n) is 3.24. The number of nitrogens with two attached hydrogens (primary N) is 1. The highest BCUT2D eigenvalue weighted by Gasteiger charge is 2.20. The van der Waals surface area contributed by atoms with Gasteiger partial charge in [0.05, 0.1) is 12.8 Å². The number of hydrogen-bond acceptors (Lipinski definition) is 5. The normalized spacial score (nSPS) is 15.8. The van der Waals surface area contributed by atoms with Crippen molar-refractivity contribution >= 4 is 11.4 Å². The van der Waals surface area contributed by atoms with E-state index in [2.05, 4.69) is 53.7 Å². The molecule has 1 heterocycles. The molecule has 0 amide bonds. The van der Waals surface area contributed by atoms with Crippen LogP contribution in [0.2, 0.25) is 0 Å². The van der Waals surface area contributed by atoms with Gasteiger partial charge in [-0.05, 0) is 25.7 Å². The third-order valence-corrected chi connectivity index (χ3v) is 4.96. The quantitative estimate of drug-likeness (QED) is 0.509. The van der Waals surface area contributed by atoms with Crippen molar-refractivity contribution in [2.75, 3.05) is 71.0 Å². The van der Waals surface area contributed by atoms with Crippen molar-refractivity contribution in [2.24, 2.45) is 0 Å². The van der Waals surface area contributed by atoms with Crippen molar-refractivity contribution in [3.63, 3.8) is 0 Å². The summed E-state index contributed by atoms with van der Waals surface area (Å²) in [5, 5.41) is 0. The van der Waals surface area contributed by atoms with E-state index in [1.54, 1.807) is 12.6 Å². The predicted octanol–water partition coefficient (Wildman–Crippen LogP) is 1.31. The summed E-state index contributed by atoms with van der Waals surface area (Å²) in [7, 11) is 1.69. The molecule has 0 atom stereocenters. The van der Waals surface area contributed by atoms with Crippen LogP contribution in [0.15, 0.2) is 18.2 Å². The Morgan fingerprint density at radius 2 is 1.80 bits per heavy atom. The van der Waals surface area contributed by atoms with Gasteiger partial charge in [0.2, 0.25) is 0 Å². The molecule has 1 aliphatic heterocycles. The first-order valence-corrected chi connectivity index (χ1v) is 9.54. The van der Waals surface area contributed by atoms with Crippen LogP contribution in [0.1, 0.15) is 20.8 Å². The molecule has 6 heteroatoms. The lowest BCUT2D eigenvalue weighted by atomic mass is 10.2. The topological polar surface area (TPSA) is 44.8 Å². The van der Waals surface area contributed by atoms with E-state index in [9.17, 15) is 0 Å². The highest BCUT2D eigenvalue weighted by molar-refractivity contribution is 5.63. The molecule has 0 bridgehead atoms. The second-order valence-electron chi connectivity index (χ2n) is 6.38. The third kappa shape index (κ3) is 5.85. The lowest BCUT2D eigenvalue weighted by Gasteiger charge is -2.36. The highest BCUT2D eigenvalue weighted by atomic mass is 16.6. The van der Waals surface area contributed by atoms with Gasteiger partial charge in [-0.25, -0.2) is 4.84 Å². The van der Waals surface area contributed by atoms with Gasteiger partial charge in [0.25, 0.3) is 0 Å². The van der Waals surface area contributed by atoms with Crippen molar-refractivity contribution in [3.05, 3.63) is 18.2 Å². The van der Waals surface area contributed by atoms with E-state index < -0.39 is 0 Å². The molecule has 6 nitrogen and oxygen atoms in total. The van der Waals surface area contributed by atoms with Crippen LogP contribution in [0.5, 0.6) is 5.75 Å². The minimum Gasteiger partial charge on any atom is -0.490 e. The Labute approximate surface area is 152 Å². The molecule has 0 spiro atoms. The Kier molecular flexibility index (Phi) is 8.48. The standard InChI is InChI=1S/C19H34N4O2/c1-5-21(6-2)14-15-25-19-9-8-17(20-24-4)16-18(19)23-12-10-22(7-3)11-13-23/h8-9,16,20H,5-7,10-15H2,1-4H3/p+1. The van der Waals surface area contributed by atoms with Gasteiger partial charge in [0.1, 0.15) is 12.4 Å². The number of hydrogen-bond donors (Lipinski definition) is 1. The molecule has 2 N–H and O–H groups in total. The maximum atomic E-state index is 6.16. The summed E-state index contributed by atoms with van der Waals surface area (Å²) in [5.41, 5.74) is 4.04. The van der Waals surface area contributed by atoms with Gasteiger partial charge in [0, 0.05) is 44.9 Å². The Morgan fingerprint density at radius 3 is 2.40 bits per heavy atom. The second kappa shape index (κ2) is 10.6. The third-order valence-electron chi connectivity index (χ3n) is 4.96. The monoisotopic (exact) mass is 351 g/mol. The zero-order valence-corrected chi connectivity index (χ0v) is 16.3. The fourth-order valence-corrected chi connectivity index (χ4v) is 3.24. The Morgan fingerprint density at radius 1 is 1.08 bits per heavy atom.